The Kier molecular flexibility index (Phi) is 5.05. The largest absolute Gasteiger partial charge is 0.463 e. The fourth-order valence-electron chi connectivity index (χ4n) is 3.59. The van der Waals surface area contributed by atoms with E-state index in [9.17, 15) is 4.79 Å². The van der Waals surface area contributed by atoms with Gasteiger partial charge in [-0.25, -0.2) is 0 Å². The number of halogens is 1. The third kappa shape index (κ3) is 3.47. The zero-order valence-electron chi connectivity index (χ0n) is 17.0. The Morgan fingerprint density at radius 2 is 1.91 bits per heavy atom. The summed E-state index contributed by atoms with van der Waals surface area (Å²) < 4.78 is 12.2. The van der Waals surface area contributed by atoms with Crippen LogP contribution in [0.2, 0.25) is 5.02 Å². The maximum atomic E-state index is 13.3. The summed E-state index contributed by atoms with van der Waals surface area (Å²) in [5, 5.41) is 2.25. The van der Waals surface area contributed by atoms with Crippen molar-refractivity contribution in [1.82, 2.24) is 10.0 Å². The van der Waals surface area contributed by atoms with E-state index in [1.165, 1.54) is 12.2 Å². The van der Waals surface area contributed by atoms with Gasteiger partial charge < -0.3 is 15.2 Å². The van der Waals surface area contributed by atoms with Gasteiger partial charge in [0.15, 0.2) is 0 Å². The van der Waals surface area contributed by atoms with E-state index in [-0.39, 0.29) is 5.91 Å². The summed E-state index contributed by atoms with van der Waals surface area (Å²) in [6, 6.07) is 19.6. The molecule has 2 N–H and O–H groups in total. The first-order chi connectivity index (χ1) is 15.5. The molecule has 7 nitrogen and oxygen atoms in total. The lowest BCUT2D eigenvalue weighted by molar-refractivity contribution is -0.182. The number of pyridine rings is 1. The number of amides is 1. The Hall–Kier alpha value is -3.81. The average Bonchev–Trinajstić information content (AvgIpc) is 2.81. The van der Waals surface area contributed by atoms with E-state index >= 15 is 0 Å². The van der Waals surface area contributed by atoms with Crippen molar-refractivity contribution in [3.8, 4) is 17.2 Å². The van der Waals surface area contributed by atoms with E-state index in [4.69, 9.17) is 31.6 Å². The van der Waals surface area contributed by atoms with Crippen LogP contribution in [-0.4, -0.2) is 23.1 Å². The molecule has 0 fully saturated rings. The van der Waals surface area contributed by atoms with Gasteiger partial charge in [0.05, 0.1) is 28.9 Å². The van der Waals surface area contributed by atoms with Gasteiger partial charge in [-0.2, -0.15) is 5.06 Å². The van der Waals surface area contributed by atoms with E-state index < -0.39 is 6.23 Å². The lowest BCUT2D eigenvalue weighted by Gasteiger charge is -2.34. The maximum absolute atomic E-state index is 13.3. The summed E-state index contributed by atoms with van der Waals surface area (Å²) in [7, 11) is 1.43. The molecule has 0 saturated heterocycles. The van der Waals surface area contributed by atoms with Gasteiger partial charge in [-0.1, -0.05) is 41.9 Å². The van der Waals surface area contributed by atoms with Crippen LogP contribution in [0.25, 0.3) is 10.9 Å². The number of ether oxygens (including phenoxy) is 2. The number of hydroxylamine groups is 2. The highest BCUT2D eigenvalue weighted by atomic mass is 35.5. The number of nitrogens with two attached hydrogens (primary N) is 1. The van der Waals surface area contributed by atoms with Gasteiger partial charge in [0.25, 0.3) is 5.91 Å². The second-order valence-electron chi connectivity index (χ2n) is 7.15. The molecule has 0 aliphatic carbocycles. The SMILES string of the molecule is CON1C(=O)c2cc3c(Oc4ccc(N)c(Cl)c4)ccnc3cc2OC1c1ccccc1. The standard InChI is InChI=1S/C24H18ClN3O4/c1-30-28-23(29)17-12-16-20(13-22(17)32-24(28)14-5-3-2-4-6-14)27-10-9-21(16)31-15-7-8-19(26)18(25)11-15/h2-13,24H,26H2,1H3. The molecule has 1 aromatic heterocycles. The quantitative estimate of drug-likeness (QED) is 0.424. The summed E-state index contributed by atoms with van der Waals surface area (Å²) in [5.41, 5.74) is 8.00. The van der Waals surface area contributed by atoms with Crippen LogP contribution in [0.15, 0.2) is 72.9 Å². The minimum atomic E-state index is -0.713. The molecule has 160 valence electrons. The number of nitrogens with zero attached hydrogens (tertiary/aromatic N) is 2. The molecule has 0 bridgehead atoms. The molecular formula is C24H18ClN3O4. The van der Waals surface area contributed by atoms with E-state index in [1.807, 2.05) is 30.3 Å². The first-order valence-electron chi connectivity index (χ1n) is 9.80. The molecule has 1 amide bonds. The van der Waals surface area contributed by atoms with Gasteiger partial charge in [0.2, 0.25) is 6.23 Å². The van der Waals surface area contributed by atoms with Crippen LogP contribution in [0.3, 0.4) is 0 Å². The number of carbonyl (C=O) groups is 1. The van der Waals surface area contributed by atoms with Crippen LogP contribution in [0.5, 0.6) is 17.2 Å². The van der Waals surface area contributed by atoms with Crippen LogP contribution >= 0.6 is 11.6 Å². The van der Waals surface area contributed by atoms with E-state index in [0.717, 1.165) is 5.56 Å². The zero-order valence-corrected chi connectivity index (χ0v) is 17.7. The Morgan fingerprint density at radius 1 is 1.09 bits per heavy atom. The van der Waals surface area contributed by atoms with Crippen LogP contribution in [0.1, 0.15) is 22.1 Å². The highest BCUT2D eigenvalue weighted by molar-refractivity contribution is 6.33. The Balaban J connectivity index is 1.58. The lowest BCUT2D eigenvalue weighted by atomic mass is 10.1. The second kappa shape index (κ2) is 8.03. The molecule has 5 rings (SSSR count). The van der Waals surface area contributed by atoms with E-state index in [0.29, 0.717) is 44.4 Å². The molecule has 0 saturated carbocycles. The smallest absolute Gasteiger partial charge is 0.284 e. The minimum absolute atomic E-state index is 0.324. The Morgan fingerprint density at radius 3 is 2.66 bits per heavy atom. The molecule has 1 aliphatic heterocycles. The van der Waals surface area contributed by atoms with Crippen molar-refractivity contribution in [2.45, 2.75) is 6.23 Å². The number of anilines is 1. The number of nitrogen functional groups attached to an aromatic ring is 1. The molecule has 32 heavy (non-hydrogen) atoms. The van der Waals surface area contributed by atoms with Crippen molar-refractivity contribution >= 4 is 34.1 Å². The van der Waals surface area contributed by atoms with Crippen molar-refractivity contribution in [2.75, 3.05) is 12.8 Å². The fourth-order valence-corrected chi connectivity index (χ4v) is 3.76. The number of fused-ring (bicyclic) bond motifs is 2. The predicted molar refractivity (Wildman–Crippen MR) is 121 cm³/mol. The molecule has 4 aromatic rings. The Bertz CT molecular complexity index is 1330. The molecule has 3 aromatic carbocycles. The molecule has 2 heterocycles. The zero-order chi connectivity index (χ0) is 22.2. The van der Waals surface area contributed by atoms with Crippen LogP contribution in [0, 0.1) is 0 Å². The van der Waals surface area contributed by atoms with Crippen molar-refractivity contribution in [2.24, 2.45) is 0 Å². The van der Waals surface area contributed by atoms with Gasteiger partial charge in [-0.15, -0.1) is 0 Å². The summed E-state index contributed by atoms with van der Waals surface area (Å²) in [6.07, 6.45) is 0.916. The maximum Gasteiger partial charge on any atom is 0.284 e. The lowest BCUT2D eigenvalue weighted by Crippen LogP contribution is -2.40. The molecule has 1 unspecified atom stereocenters. The van der Waals surface area contributed by atoms with Gasteiger partial charge in [0.1, 0.15) is 17.2 Å². The average molecular weight is 448 g/mol. The number of aromatic nitrogens is 1. The number of hydrogen-bond donors (Lipinski definition) is 1. The number of carbonyl (C=O) groups excluding carboxylic acids is 1. The first kappa shape index (κ1) is 20.1. The second-order valence-corrected chi connectivity index (χ2v) is 7.56. The van der Waals surface area contributed by atoms with Crippen molar-refractivity contribution in [1.29, 1.82) is 0 Å². The third-order valence-electron chi connectivity index (χ3n) is 5.17. The topological polar surface area (TPSA) is 86.9 Å². The van der Waals surface area contributed by atoms with Crippen molar-refractivity contribution in [3.63, 3.8) is 0 Å². The van der Waals surface area contributed by atoms with Crippen molar-refractivity contribution in [3.05, 3.63) is 89.1 Å². The molecular weight excluding hydrogens is 430 g/mol. The number of benzene rings is 3. The van der Waals surface area contributed by atoms with Crippen LogP contribution in [0.4, 0.5) is 5.69 Å². The Labute approximate surface area is 188 Å². The molecule has 1 atom stereocenters. The number of rotatable bonds is 4. The molecule has 8 heteroatoms. The van der Waals surface area contributed by atoms with Gasteiger partial charge in [0, 0.05) is 29.3 Å². The van der Waals surface area contributed by atoms with Crippen LogP contribution < -0.4 is 15.2 Å². The van der Waals surface area contributed by atoms with E-state index in [1.54, 1.807) is 42.6 Å². The summed E-state index contributed by atoms with van der Waals surface area (Å²) in [5.74, 6) is 1.12. The first-order valence-corrected chi connectivity index (χ1v) is 10.2. The third-order valence-corrected chi connectivity index (χ3v) is 5.49. The van der Waals surface area contributed by atoms with Crippen molar-refractivity contribution < 1.29 is 19.1 Å². The summed E-state index contributed by atoms with van der Waals surface area (Å²) >= 11 is 6.11. The van der Waals surface area contributed by atoms with Gasteiger partial charge in [-0.05, 0) is 24.3 Å². The predicted octanol–water partition coefficient (Wildman–Crippen LogP) is 5.36. The van der Waals surface area contributed by atoms with E-state index in [2.05, 4.69) is 4.98 Å². The summed E-state index contributed by atoms with van der Waals surface area (Å²) in [4.78, 5) is 23.1. The van der Waals surface area contributed by atoms with Crippen LogP contribution in [-0.2, 0) is 4.84 Å². The molecule has 0 spiro atoms. The molecule has 1 aliphatic rings. The van der Waals surface area contributed by atoms with Gasteiger partial charge >= 0.3 is 0 Å². The molecule has 0 radical (unpaired) electrons. The minimum Gasteiger partial charge on any atom is -0.463 e. The summed E-state index contributed by atoms with van der Waals surface area (Å²) in [6.45, 7) is 0. The highest BCUT2D eigenvalue weighted by Gasteiger charge is 2.36. The van der Waals surface area contributed by atoms with Gasteiger partial charge in [-0.3, -0.25) is 14.6 Å². The number of hydrogen-bond acceptors (Lipinski definition) is 6. The monoisotopic (exact) mass is 447 g/mol. The fraction of sp³-hybridized carbons (Fsp3) is 0.0833. The normalized spacial score (nSPS) is 15.4. The highest BCUT2D eigenvalue weighted by Crippen LogP contribution is 2.40.